The van der Waals surface area contributed by atoms with Crippen LogP contribution in [0.5, 0.6) is 0 Å². The molecule has 2 atom stereocenters. The van der Waals surface area contributed by atoms with Gasteiger partial charge in [0.1, 0.15) is 25.8 Å². The lowest BCUT2D eigenvalue weighted by molar-refractivity contribution is -0.150. The Hall–Kier alpha value is -3.88. The van der Waals surface area contributed by atoms with Gasteiger partial charge < -0.3 is 25.4 Å². The van der Waals surface area contributed by atoms with Gasteiger partial charge in [-0.3, -0.25) is 9.59 Å². The molecule has 182 valence electrons. The predicted octanol–water partition coefficient (Wildman–Crippen LogP) is 2.30. The SMILES string of the molecule is CC[C@@H](C)[C@@H](NC(=O)CNC(=O)CNC(=O)OCc1ccccc1)C(=O)OCc1ccccc1. The van der Waals surface area contributed by atoms with Gasteiger partial charge in [-0.2, -0.15) is 0 Å². The van der Waals surface area contributed by atoms with Crippen molar-refractivity contribution in [1.29, 1.82) is 0 Å². The molecule has 3 amide bonds. The third-order valence-electron chi connectivity index (χ3n) is 5.06. The minimum atomic E-state index is -0.843. The fraction of sp³-hybridized carbons (Fsp3) is 0.360. The molecule has 0 aliphatic rings. The van der Waals surface area contributed by atoms with E-state index >= 15 is 0 Å². The summed E-state index contributed by atoms with van der Waals surface area (Å²) in [6.07, 6.45) is -0.103. The van der Waals surface area contributed by atoms with E-state index < -0.39 is 29.9 Å². The van der Waals surface area contributed by atoms with Gasteiger partial charge in [0.25, 0.3) is 0 Å². The zero-order valence-electron chi connectivity index (χ0n) is 19.4. The van der Waals surface area contributed by atoms with Crippen LogP contribution < -0.4 is 16.0 Å². The van der Waals surface area contributed by atoms with Crippen LogP contribution in [-0.4, -0.2) is 43.0 Å². The van der Waals surface area contributed by atoms with Crippen molar-refractivity contribution in [3.63, 3.8) is 0 Å². The maximum absolute atomic E-state index is 12.5. The van der Waals surface area contributed by atoms with Crippen molar-refractivity contribution in [2.45, 2.75) is 39.5 Å². The first-order valence-electron chi connectivity index (χ1n) is 11.1. The van der Waals surface area contributed by atoms with Gasteiger partial charge in [-0.05, 0) is 17.0 Å². The molecule has 0 radical (unpaired) electrons. The molecule has 9 heteroatoms. The van der Waals surface area contributed by atoms with Crippen molar-refractivity contribution in [1.82, 2.24) is 16.0 Å². The van der Waals surface area contributed by atoms with Gasteiger partial charge in [-0.15, -0.1) is 0 Å². The molecule has 0 fully saturated rings. The number of nitrogens with one attached hydrogen (secondary N) is 3. The van der Waals surface area contributed by atoms with Crippen LogP contribution in [0.1, 0.15) is 31.4 Å². The lowest BCUT2D eigenvalue weighted by Gasteiger charge is -2.23. The maximum atomic E-state index is 12.5. The summed E-state index contributed by atoms with van der Waals surface area (Å²) in [6.45, 7) is 3.21. The predicted molar refractivity (Wildman–Crippen MR) is 125 cm³/mol. The first-order chi connectivity index (χ1) is 16.4. The number of carbonyl (C=O) groups excluding carboxylic acids is 4. The Balaban J connectivity index is 1.71. The quantitative estimate of drug-likeness (QED) is 0.410. The standard InChI is InChI=1S/C25H31N3O6/c1-3-18(2)23(24(31)33-16-19-10-6-4-7-11-19)28-22(30)15-26-21(29)14-27-25(32)34-17-20-12-8-5-9-13-20/h4-13,18,23H,3,14-17H2,1-2H3,(H,26,29)(H,27,32)(H,28,30)/t18-,23-/m1/s1. The van der Waals surface area contributed by atoms with Crippen LogP contribution >= 0.6 is 0 Å². The highest BCUT2D eigenvalue weighted by molar-refractivity contribution is 5.89. The average Bonchev–Trinajstić information content (AvgIpc) is 2.87. The molecule has 3 N–H and O–H groups in total. The Bertz CT molecular complexity index is 936. The Morgan fingerprint density at radius 3 is 1.85 bits per heavy atom. The minimum absolute atomic E-state index is 0.0775. The normalized spacial score (nSPS) is 12.1. The summed E-state index contributed by atoms with van der Waals surface area (Å²) in [5.74, 6) is -1.81. The zero-order chi connectivity index (χ0) is 24.8. The van der Waals surface area contributed by atoms with Crippen LogP contribution in [-0.2, 0) is 37.1 Å². The van der Waals surface area contributed by atoms with Crippen molar-refractivity contribution in [2.24, 2.45) is 5.92 Å². The summed E-state index contributed by atoms with van der Waals surface area (Å²) < 4.78 is 10.4. The highest BCUT2D eigenvalue weighted by Gasteiger charge is 2.27. The number of hydrogen-bond donors (Lipinski definition) is 3. The summed E-state index contributed by atoms with van der Waals surface area (Å²) in [7, 11) is 0. The molecule has 0 spiro atoms. The maximum Gasteiger partial charge on any atom is 0.407 e. The van der Waals surface area contributed by atoms with E-state index in [1.54, 1.807) is 0 Å². The molecular formula is C25H31N3O6. The Labute approximate surface area is 199 Å². The van der Waals surface area contributed by atoms with E-state index in [-0.39, 0.29) is 32.2 Å². The van der Waals surface area contributed by atoms with Crippen LogP contribution in [0.4, 0.5) is 4.79 Å². The van der Waals surface area contributed by atoms with Crippen molar-refractivity contribution in [2.75, 3.05) is 13.1 Å². The molecule has 0 aliphatic heterocycles. The van der Waals surface area contributed by atoms with Gasteiger partial charge >= 0.3 is 12.1 Å². The first kappa shape index (κ1) is 26.4. The molecule has 0 aromatic heterocycles. The van der Waals surface area contributed by atoms with Gasteiger partial charge in [0.05, 0.1) is 6.54 Å². The van der Waals surface area contributed by atoms with Crippen molar-refractivity contribution in [3.8, 4) is 0 Å². The molecule has 0 aliphatic carbocycles. The number of hydrogen-bond acceptors (Lipinski definition) is 6. The third-order valence-corrected chi connectivity index (χ3v) is 5.06. The number of benzene rings is 2. The zero-order valence-corrected chi connectivity index (χ0v) is 19.4. The molecule has 0 heterocycles. The van der Waals surface area contributed by atoms with Gasteiger partial charge in [0, 0.05) is 0 Å². The smallest absolute Gasteiger partial charge is 0.407 e. The lowest BCUT2D eigenvalue weighted by atomic mass is 9.99. The van der Waals surface area contributed by atoms with E-state index in [2.05, 4.69) is 16.0 Å². The summed E-state index contributed by atoms with van der Waals surface area (Å²) >= 11 is 0. The largest absolute Gasteiger partial charge is 0.459 e. The van der Waals surface area contributed by atoms with Crippen molar-refractivity contribution < 1.29 is 28.7 Å². The van der Waals surface area contributed by atoms with Gasteiger partial charge in [0.15, 0.2) is 0 Å². The fourth-order valence-electron chi connectivity index (χ4n) is 2.88. The summed E-state index contributed by atoms with van der Waals surface area (Å²) in [5.41, 5.74) is 1.66. The van der Waals surface area contributed by atoms with Gasteiger partial charge in [0.2, 0.25) is 11.8 Å². The molecule has 0 unspecified atom stereocenters. The number of rotatable bonds is 12. The van der Waals surface area contributed by atoms with Crippen LogP contribution in [0.25, 0.3) is 0 Å². The fourth-order valence-corrected chi connectivity index (χ4v) is 2.88. The van der Waals surface area contributed by atoms with Crippen molar-refractivity contribution >= 4 is 23.9 Å². The molecular weight excluding hydrogens is 438 g/mol. The van der Waals surface area contributed by atoms with Crippen LogP contribution in [0.2, 0.25) is 0 Å². The van der Waals surface area contributed by atoms with E-state index in [0.29, 0.717) is 6.42 Å². The number of amides is 3. The Kier molecular flexibility index (Phi) is 11.1. The molecule has 0 saturated carbocycles. The Morgan fingerprint density at radius 2 is 1.29 bits per heavy atom. The molecule has 9 nitrogen and oxygen atoms in total. The van der Waals surface area contributed by atoms with Crippen molar-refractivity contribution in [3.05, 3.63) is 71.8 Å². The summed E-state index contributed by atoms with van der Waals surface area (Å²) in [5, 5.41) is 7.34. The molecule has 34 heavy (non-hydrogen) atoms. The molecule has 2 rings (SSSR count). The molecule has 0 saturated heterocycles. The van der Waals surface area contributed by atoms with Crippen LogP contribution in [0.15, 0.2) is 60.7 Å². The molecule has 2 aromatic rings. The molecule has 0 bridgehead atoms. The highest BCUT2D eigenvalue weighted by Crippen LogP contribution is 2.11. The number of ether oxygens (including phenoxy) is 2. The monoisotopic (exact) mass is 469 g/mol. The van der Waals surface area contributed by atoms with Crippen LogP contribution in [0, 0.1) is 5.92 Å². The van der Waals surface area contributed by atoms with E-state index in [4.69, 9.17) is 9.47 Å². The van der Waals surface area contributed by atoms with E-state index in [9.17, 15) is 19.2 Å². The highest BCUT2D eigenvalue weighted by atomic mass is 16.5. The number of carbonyl (C=O) groups is 4. The van der Waals surface area contributed by atoms with E-state index in [1.165, 1.54) is 0 Å². The van der Waals surface area contributed by atoms with Gasteiger partial charge in [-0.1, -0.05) is 80.9 Å². The third kappa shape index (κ3) is 9.72. The van der Waals surface area contributed by atoms with E-state index in [0.717, 1.165) is 11.1 Å². The second-order valence-electron chi connectivity index (χ2n) is 7.72. The second-order valence-corrected chi connectivity index (χ2v) is 7.72. The summed E-state index contributed by atoms with van der Waals surface area (Å²) in [4.78, 5) is 48.5. The second kappa shape index (κ2) is 14.3. The minimum Gasteiger partial charge on any atom is -0.459 e. The average molecular weight is 470 g/mol. The topological polar surface area (TPSA) is 123 Å². The van der Waals surface area contributed by atoms with Gasteiger partial charge in [-0.25, -0.2) is 9.59 Å². The van der Waals surface area contributed by atoms with E-state index in [1.807, 2.05) is 74.5 Å². The van der Waals surface area contributed by atoms with Crippen LogP contribution in [0.3, 0.4) is 0 Å². The number of esters is 1. The first-order valence-corrected chi connectivity index (χ1v) is 11.1. The lowest BCUT2D eigenvalue weighted by Crippen LogP contribution is -2.50. The summed E-state index contributed by atoms with van der Waals surface area (Å²) in [6, 6.07) is 17.5. The number of alkyl carbamates (subject to hydrolysis) is 1. The Morgan fingerprint density at radius 1 is 0.765 bits per heavy atom. The molecule has 2 aromatic carbocycles.